The van der Waals surface area contributed by atoms with Gasteiger partial charge in [-0.3, -0.25) is 0 Å². The van der Waals surface area contributed by atoms with Crippen molar-refractivity contribution in [2.75, 3.05) is 0 Å². The van der Waals surface area contributed by atoms with Crippen LogP contribution in [0.5, 0.6) is 5.75 Å². The summed E-state index contributed by atoms with van der Waals surface area (Å²) in [5.41, 5.74) is 1.15. The summed E-state index contributed by atoms with van der Waals surface area (Å²) in [5, 5.41) is 29.1. The highest BCUT2D eigenvalue weighted by Crippen LogP contribution is 2.30. The Morgan fingerprint density at radius 3 is 2.64 bits per heavy atom. The van der Waals surface area contributed by atoms with E-state index in [4.69, 9.17) is 16.0 Å². The van der Waals surface area contributed by atoms with Gasteiger partial charge in [-0.25, -0.2) is 4.79 Å². The van der Waals surface area contributed by atoms with Crippen LogP contribution in [0, 0.1) is 0 Å². The molecule has 126 valence electrons. The maximum Gasteiger partial charge on any atom is 0.342 e. The highest BCUT2D eigenvalue weighted by molar-refractivity contribution is 8.03. The zero-order chi connectivity index (χ0) is 17.8. The number of aliphatic carboxylic acids is 1. The number of carbonyl (C=O) groups is 1. The van der Waals surface area contributed by atoms with Crippen molar-refractivity contribution in [2.45, 2.75) is 5.22 Å². The maximum absolute atomic E-state index is 11.4. The monoisotopic (exact) mass is 373 g/mol. The van der Waals surface area contributed by atoms with Crippen molar-refractivity contribution in [1.82, 2.24) is 10.2 Å². The third-order valence-corrected chi connectivity index (χ3v) is 4.17. The van der Waals surface area contributed by atoms with Crippen molar-refractivity contribution < 1.29 is 19.4 Å². The maximum atomic E-state index is 11.4. The SMILES string of the molecule is O=C(O)/C(=C/c1cccc([O-])c1)Sc1nnc(-c2ccc(Cl)cc2)o1. The van der Waals surface area contributed by atoms with Gasteiger partial charge in [-0.15, -0.1) is 15.9 Å². The summed E-state index contributed by atoms with van der Waals surface area (Å²) in [6.45, 7) is 0. The molecule has 25 heavy (non-hydrogen) atoms. The number of rotatable bonds is 5. The van der Waals surface area contributed by atoms with Crippen molar-refractivity contribution in [3.05, 3.63) is 64.0 Å². The van der Waals surface area contributed by atoms with Crippen LogP contribution in [0.15, 0.2) is 63.1 Å². The smallest absolute Gasteiger partial charge is 0.342 e. The van der Waals surface area contributed by atoms with Gasteiger partial charge in [0, 0.05) is 10.6 Å². The minimum Gasteiger partial charge on any atom is -0.872 e. The van der Waals surface area contributed by atoms with Gasteiger partial charge in [-0.2, -0.15) is 0 Å². The van der Waals surface area contributed by atoms with Crippen molar-refractivity contribution in [2.24, 2.45) is 0 Å². The zero-order valence-corrected chi connectivity index (χ0v) is 14.1. The largest absolute Gasteiger partial charge is 0.872 e. The molecule has 0 aliphatic carbocycles. The summed E-state index contributed by atoms with van der Waals surface area (Å²) in [6.07, 6.45) is 1.38. The van der Waals surface area contributed by atoms with E-state index in [1.54, 1.807) is 36.4 Å². The van der Waals surface area contributed by atoms with E-state index in [0.717, 1.165) is 11.8 Å². The number of carboxylic acid groups (broad SMARTS) is 1. The van der Waals surface area contributed by atoms with Crippen molar-refractivity contribution >= 4 is 35.4 Å². The van der Waals surface area contributed by atoms with E-state index >= 15 is 0 Å². The molecule has 0 atom stereocenters. The van der Waals surface area contributed by atoms with Crippen LogP contribution in [0.2, 0.25) is 5.02 Å². The number of benzene rings is 2. The van der Waals surface area contributed by atoms with Gasteiger partial charge in [0.1, 0.15) is 4.91 Å². The third-order valence-electron chi connectivity index (χ3n) is 3.06. The number of aromatic nitrogens is 2. The molecular formula is C17H10ClN2O4S-. The molecule has 0 saturated heterocycles. The average Bonchev–Trinajstić information content (AvgIpc) is 3.03. The van der Waals surface area contributed by atoms with Crippen LogP contribution in [-0.2, 0) is 4.79 Å². The minimum atomic E-state index is -1.16. The summed E-state index contributed by atoms with van der Waals surface area (Å²) in [5.74, 6) is -1.11. The van der Waals surface area contributed by atoms with E-state index < -0.39 is 5.97 Å². The van der Waals surface area contributed by atoms with Crippen molar-refractivity contribution in [1.29, 1.82) is 0 Å². The van der Waals surface area contributed by atoms with E-state index in [9.17, 15) is 15.0 Å². The lowest BCUT2D eigenvalue weighted by atomic mass is 10.2. The van der Waals surface area contributed by atoms with Crippen molar-refractivity contribution in [3.8, 4) is 17.2 Å². The standard InChI is InChI=1S/C17H11ClN2O4S/c18-12-6-4-11(5-7-12)15-19-20-17(24-15)25-14(16(22)23)9-10-2-1-3-13(21)8-10/h1-9,21H,(H,22,23)/p-1/b14-9-. The Hall–Kier alpha value is -2.77. The van der Waals surface area contributed by atoms with Crippen LogP contribution in [-0.4, -0.2) is 21.3 Å². The van der Waals surface area contributed by atoms with Gasteiger partial charge in [0.25, 0.3) is 5.22 Å². The Morgan fingerprint density at radius 1 is 1.20 bits per heavy atom. The minimum absolute atomic E-state index is 0.0445. The first-order chi connectivity index (χ1) is 12.0. The predicted octanol–water partition coefficient (Wildman–Crippen LogP) is 3.68. The predicted molar refractivity (Wildman–Crippen MR) is 92.1 cm³/mol. The third kappa shape index (κ3) is 4.40. The van der Waals surface area contributed by atoms with Gasteiger partial charge in [0.15, 0.2) is 0 Å². The topological polar surface area (TPSA) is 99.3 Å². The lowest BCUT2D eigenvalue weighted by Gasteiger charge is -2.05. The number of nitrogens with zero attached hydrogens (tertiary/aromatic N) is 2. The molecule has 0 amide bonds. The second-order valence-corrected chi connectivity index (χ2v) is 6.30. The molecule has 0 aliphatic rings. The Bertz CT molecular complexity index is 938. The molecule has 1 N–H and O–H groups in total. The van der Waals surface area contributed by atoms with Crippen LogP contribution in [0.3, 0.4) is 0 Å². The highest BCUT2D eigenvalue weighted by Gasteiger charge is 2.16. The second-order valence-electron chi connectivity index (χ2n) is 4.87. The molecule has 2 aromatic carbocycles. The molecule has 3 rings (SSSR count). The summed E-state index contributed by atoms with van der Waals surface area (Å²) >= 11 is 6.64. The Morgan fingerprint density at radius 2 is 1.96 bits per heavy atom. The molecule has 6 nitrogen and oxygen atoms in total. The summed E-state index contributed by atoms with van der Waals surface area (Å²) in [7, 11) is 0. The number of carboxylic acids is 1. The van der Waals surface area contributed by atoms with Crippen molar-refractivity contribution in [3.63, 3.8) is 0 Å². The number of halogens is 1. The molecule has 0 bridgehead atoms. The van der Waals surface area contributed by atoms with Crippen LogP contribution in [0.1, 0.15) is 5.56 Å². The lowest BCUT2D eigenvalue weighted by Crippen LogP contribution is -1.97. The molecule has 0 spiro atoms. The molecule has 0 fully saturated rings. The average molecular weight is 374 g/mol. The molecule has 8 heteroatoms. The normalized spacial score (nSPS) is 11.5. The molecule has 0 aliphatic heterocycles. The Kier molecular flexibility index (Phi) is 5.06. The summed E-state index contributed by atoms with van der Waals surface area (Å²) in [4.78, 5) is 11.4. The van der Waals surface area contributed by atoms with Gasteiger partial charge >= 0.3 is 5.97 Å². The lowest BCUT2D eigenvalue weighted by molar-refractivity contribution is -0.268. The fourth-order valence-electron chi connectivity index (χ4n) is 1.94. The zero-order valence-electron chi connectivity index (χ0n) is 12.5. The van der Waals surface area contributed by atoms with E-state index in [1.807, 2.05) is 0 Å². The van der Waals surface area contributed by atoms with Gasteiger partial charge in [0.05, 0.1) is 0 Å². The molecule has 0 radical (unpaired) electrons. The van der Waals surface area contributed by atoms with Crippen LogP contribution in [0.4, 0.5) is 0 Å². The van der Waals surface area contributed by atoms with Crippen LogP contribution >= 0.6 is 23.4 Å². The van der Waals surface area contributed by atoms with Crippen LogP contribution < -0.4 is 5.11 Å². The Labute approximate surface area is 151 Å². The summed E-state index contributed by atoms with van der Waals surface area (Å²) in [6, 6.07) is 12.7. The first-order valence-corrected chi connectivity index (χ1v) is 8.20. The van der Waals surface area contributed by atoms with E-state index in [0.29, 0.717) is 16.1 Å². The number of hydrogen-bond acceptors (Lipinski definition) is 6. The van der Waals surface area contributed by atoms with E-state index in [2.05, 4.69) is 10.2 Å². The van der Waals surface area contributed by atoms with E-state index in [1.165, 1.54) is 18.2 Å². The summed E-state index contributed by atoms with van der Waals surface area (Å²) < 4.78 is 5.48. The molecule has 0 unspecified atom stereocenters. The number of thioether (sulfide) groups is 1. The molecule has 3 aromatic rings. The highest BCUT2D eigenvalue weighted by atomic mass is 35.5. The molecule has 1 aromatic heterocycles. The first-order valence-electron chi connectivity index (χ1n) is 7.00. The molecule has 0 saturated carbocycles. The van der Waals surface area contributed by atoms with Crippen LogP contribution in [0.25, 0.3) is 17.5 Å². The van der Waals surface area contributed by atoms with E-state index in [-0.39, 0.29) is 21.8 Å². The quantitative estimate of drug-likeness (QED) is 0.537. The first kappa shape index (κ1) is 17.1. The second kappa shape index (κ2) is 7.42. The van der Waals surface area contributed by atoms with Gasteiger partial charge < -0.3 is 14.6 Å². The fraction of sp³-hybridized carbons (Fsp3) is 0. The van der Waals surface area contributed by atoms with Gasteiger partial charge in [-0.1, -0.05) is 35.9 Å². The van der Waals surface area contributed by atoms with Gasteiger partial charge in [-0.05, 0) is 47.7 Å². The number of hydrogen-bond donors (Lipinski definition) is 1. The fourth-order valence-corrected chi connectivity index (χ4v) is 2.74. The Balaban J connectivity index is 1.84. The molecule has 1 heterocycles. The molecular weight excluding hydrogens is 364 g/mol. The van der Waals surface area contributed by atoms with Gasteiger partial charge in [0.2, 0.25) is 5.89 Å².